The van der Waals surface area contributed by atoms with E-state index in [2.05, 4.69) is 24.1 Å². The van der Waals surface area contributed by atoms with Gasteiger partial charge in [0.15, 0.2) is 0 Å². The molecule has 2 aliphatic heterocycles. The summed E-state index contributed by atoms with van der Waals surface area (Å²) in [6, 6.07) is 0. The SMILES string of the molecule is CCC1(C)NC(C)N(CCCN2CCOCC2)C1=O. The molecule has 1 amide bonds. The zero-order valence-corrected chi connectivity index (χ0v) is 12.4. The number of hydrogen-bond acceptors (Lipinski definition) is 4. The first-order valence-electron chi connectivity index (χ1n) is 7.45. The Balaban J connectivity index is 1.77. The number of ether oxygens (including phenoxy) is 1. The van der Waals surface area contributed by atoms with Crippen LogP contribution in [0.5, 0.6) is 0 Å². The van der Waals surface area contributed by atoms with Crippen molar-refractivity contribution in [1.82, 2.24) is 15.1 Å². The lowest BCUT2D eigenvalue weighted by atomic mass is 9.99. The van der Waals surface area contributed by atoms with Gasteiger partial charge in [-0.15, -0.1) is 0 Å². The van der Waals surface area contributed by atoms with Crippen molar-refractivity contribution in [3.05, 3.63) is 0 Å². The summed E-state index contributed by atoms with van der Waals surface area (Å²) in [5.41, 5.74) is -0.363. The number of nitrogens with one attached hydrogen (secondary N) is 1. The predicted molar refractivity (Wildman–Crippen MR) is 74.9 cm³/mol. The fraction of sp³-hybridized carbons (Fsp3) is 0.929. The highest BCUT2D eigenvalue weighted by molar-refractivity contribution is 5.88. The molecule has 0 aromatic rings. The molecule has 0 aromatic carbocycles. The van der Waals surface area contributed by atoms with E-state index in [-0.39, 0.29) is 17.6 Å². The van der Waals surface area contributed by atoms with Crippen LogP contribution in [0.25, 0.3) is 0 Å². The third-order valence-corrected chi connectivity index (χ3v) is 4.41. The Morgan fingerprint density at radius 2 is 2.05 bits per heavy atom. The summed E-state index contributed by atoms with van der Waals surface area (Å²) < 4.78 is 5.34. The van der Waals surface area contributed by atoms with Crippen LogP contribution in [0.2, 0.25) is 0 Å². The molecule has 2 fully saturated rings. The first kappa shape index (κ1) is 14.8. The van der Waals surface area contributed by atoms with Crippen LogP contribution in [0, 0.1) is 0 Å². The Bertz CT molecular complexity index is 318. The predicted octanol–water partition coefficient (Wildman–Crippen LogP) is 0.655. The van der Waals surface area contributed by atoms with Crippen LogP contribution in [0.15, 0.2) is 0 Å². The Morgan fingerprint density at radius 3 is 2.63 bits per heavy atom. The molecule has 0 spiro atoms. The highest BCUT2D eigenvalue weighted by atomic mass is 16.5. The van der Waals surface area contributed by atoms with Gasteiger partial charge in [0.25, 0.3) is 0 Å². The van der Waals surface area contributed by atoms with Gasteiger partial charge in [0.1, 0.15) is 0 Å². The van der Waals surface area contributed by atoms with Crippen LogP contribution in [-0.2, 0) is 9.53 Å². The van der Waals surface area contributed by atoms with Gasteiger partial charge < -0.3 is 9.64 Å². The molecule has 110 valence electrons. The van der Waals surface area contributed by atoms with Crippen molar-refractivity contribution < 1.29 is 9.53 Å². The maximum absolute atomic E-state index is 12.4. The van der Waals surface area contributed by atoms with Crippen molar-refractivity contribution in [3.63, 3.8) is 0 Å². The van der Waals surface area contributed by atoms with Gasteiger partial charge in [0.05, 0.1) is 24.9 Å². The van der Waals surface area contributed by atoms with Gasteiger partial charge in [0.2, 0.25) is 5.91 Å². The van der Waals surface area contributed by atoms with Crippen LogP contribution >= 0.6 is 0 Å². The molecule has 1 N–H and O–H groups in total. The first-order chi connectivity index (χ1) is 9.07. The molecule has 2 aliphatic rings. The Morgan fingerprint density at radius 1 is 1.37 bits per heavy atom. The minimum Gasteiger partial charge on any atom is -0.379 e. The Kier molecular flexibility index (Phi) is 4.81. The van der Waals surface area contributed by atoms with Gasteiger partial charge in [-0.05, 0) is 26.7 Å². The first-order valence-corrected chi connectivity index (χ1v) is 7.45. The lowest BCUT2D eigenvalue weighted by molar-refractivity contribution is -0.132. The van der Waals surface area contributed by atoms with Crippen molar-refractivity contribution in [3.8, 4) is 0 Å². The third-order valence-electron chi connectivity index (χ3n) is 4.41. The molecule has 2 saturated heterocycles. The van der Waals surface area contributed by atoms with E-state index >= 15 is 0 Å². The molecule has 5 nitrogen and oxygen atoms in total. The van der Waals surface area contributed by atoms with Gasteiger partial charge in [0, 0.05) is 26.2 Å². The number of nitrogens with zero attached hydrogens (tertiary/aromatic N) is 2. The number of carbonyl (C=O) groups is 1. The molecule has 0 bridgehead atoms. The van der Waals surface area contributed by atoms with Crippen LogP contribution in [0.1, 0.15) is 33.6 Å². The van der Waals surface area contributed by atoms with Crippen LogP contribution in [-0.4, -0.2) is 66.8 Å². The van der Waals surface area contributed by atoms with E-state index in [0.717, 1.165) is 52.2 Å². The second-order valence-corrected chi connectivity index (χ2v) is 5.81. The lowest BCUT2D eigenvalue weighted by Crippen LogP contribution is -2.43. The van der Waals surface area contributed by atoms with Crippen molar-refractivity contribution >= 4 is 5.91 Å². The van der Waals surface area contributed by atoms with Crippen LogP contribution in [0.4, 0.5) is 0 Å². The second-order valence-electron chi connectivity index (χ2n) is 5.81. The monoisotopic (exact) mass is 269 g/mol. The third kappa shape index (κ3) is 3.27. The van der Waals surface area contributed by atoms with Gasteiger partial charge in [-0.1, -0.05) is 6.92 Å². The molecule has 19 heavy (non-hydrogen) atoms. The number of hydrogen-bond donors (Lipinski definition) is 1. The normalized spacial score (nSPS) is 33.1. The van der Waals surface area contributed by atoms with E-state index in [0.29, 0.717) is 0 Å². The number of morpholine rings is 1. The van der Waals surface area contributed by atoms with E-state index < -0.39 is 0 Å². The summed E-state index contributed by atoms with van der Waals surface area (Å²) in [4.78, 5) is 16.8. The van der Waals surface area contributed by atoms with Crippen LogP contribution < -0.4 is 5.32 Å². The Hall–Kier alpha value is -0.650. The van der Waals surface area contributed by atoms with Crippen molar-refractivity contribution in [1.29, 1.82) is 0 Å². The molecule has 5 heteroatoms. The largest absolute Gasteiger partial charge is 0.379 e. The highest BCUT2D eigenvalue weighted by Crippen LogP contribution is 2.23. The number of rotatable bonds is 5. The van der Waals surface area contributed by atoms with Gasteiger partial charge in [-0.25, -0.2) is 0 Å². The summed E-state index contributed by atoms with van der Waals surface area (Å²) in [5, 5.41) is 3.41. The molecule has 0 aliphatic carbocycles. The van der Waals surface area contributed by atoms with Crippen molar-refractivity contribution in [2.45, 2.75) is 45.3 Å². The van der Waals surface area contributed by atoms with Crippen molar-refractivity contribution in [2.24, 2.45) is 0 Å². The van der Waals surface area contributed by atoms with E-state index in [1.807, 2.05) is 11.8 Å². The molecule has 2 atom stereocenters. The molecular weight excluding hydrogens is 242 g/mol. The highest BCUT2D eigenvalue weighted by Gasteiger charge is 2.44. The van der Waals surface area contributed by atoms with Gasteiger partial charge in [-0.2, -0.15) is 0 Å². The maximum Gasteiger partial charge on any atom is 0.243 e. The summed E-state index contributed by atoms with van der Waals surface area (Å²) in [7, 11) is 0. The summed E-state index contributed by atoms with van der Waals surface area (Å²) in [6.45, 7) is 11.8. The molecule has 2 heterocycles. The van der Waals surface area contributed by atoms with E-state index in [9.17, 15) is 4.79 Å². The summed E-state index contributed by atoms with van der Waals surface area (Å²) in [5.74, 6) is 0.254. The molecule has 2 rings (SSSR count). The number of amides is 1. The molecule has 2 unspecified atom stereocenters. The summed E-state index contributed by atoms with van der Waals surface area (Å²) >= 11 is 0. The van der Waals surface area contributed by atoms with E-state index in [4.69, 9.17) is 4.74 Å². The van der Waals surface area contributed by atoms with Crippen LogP contribution in [0.3, 0.4) is 0 Å². The average molecular weight is 269 g/mol. The zero-order valence-electron chi connectivity index (χ0n) is 12.4. The fourth-order valence-corrected chi connectivity index (χ4v) is 2.93. The second kappa shape index (κ2) is 6.20. The molecule has 0 aromatic heterocycles. The zero-order chi connectivity index (χ0) is 13.9. The lowest BCUT2D eigenvalue weighted by Gasteiger charge is -2.28. The standard InChI is InChI=1S/C14H27N3O2/c1-4-14(3)13(18)17(12(2)15-14)7-5-6-16-8-10-19-11-9-16/h12,15H,4-11H2,1-3H3. The van der Waals surface area contributed by atoms with E-state index in [1.165, 1.54) is 0 Å². The number of carbonyl (C=O) groups excluding carboxylic acids is 1. The Labute approximate surface area is 116 Å². The molecule has 0 saturated carbocycles. The fourth-order valence-electron chi connectivity index (χ4n) is 2.93. The maximum atomic E-state index is 12.4. The minimum atomic E-state index is -0.363. The molecule has 0 radical (unpaired) electrons. The van der Waals surface area contributed by atoms with E-state index in [1.54, 1.807) is 0 Å². The average Bonchev–Trinajstić information content (AvgIpc) is 2.64. The minimum absolute atomic E-state index is 0.155. The van der Waals surface area contributed by atoms with Crippen molar-refractivity contribution in [2.75, 3.05) is 39.4 Å². The summed E-state index contributed by atoms with van der Waals surface area (Å²) in [6.07, 6.45) is 2.04. The smallest absolute Gasteiger partial charge is 0.243 e. The molecular formula is C14H27N3O2. The van der Waals surface area contributed by atoms with Gasteiger partial charge in [-0.3, -0.25) is 15.0 Å². The topological polar surface area (TPSA) is 44.8 Å². The van der Waals surface area contributed by atoms with Gasteiger partial charge >= 0.3 is 0 Å². The quantitative estimate of drug-likeness (QED) is 0.796.